The van der Waals surface area contributed by atoms with Crippen LogP contribution in [-0.2, 0) is 0 Å². The van der Waals surface area contributed by atoms with E-state index in [1.807, 2.05) is 19.2 Å². The lowest BCUT2D eigenvalue weighted by molar-refractivity contribution is 0.603. The Morgan fingerprint density at radius 1 is 1.44 bits per heavy atom. The van der Waals surface area contributed by atoms with Gasteiger partial charge in [-0.25, -0.2) is 4.98 Å². The maximum atomic E-state index is 5.88. The van der Waals surface area contributed by atoms with Crippen LogP contribution in [0.5, 0.6) is 0 Å². The molecule has 2 atom stereocenters. The highest BCUT2D eigenvalue weighted by atomic mass is 15.2. The van der Waals surface area contributed by atoms with E-state index in [4.69, 9.17) is 5.73 Å². The van der Waals surface area contributed by atoms with Crippen molar-refractivity contribution in [1.82, 2.24) is 4.98 Å². The van der Waals surface area contributed by atoms with E-state index in [1.54, 1.807) is 0 Å². The molecule has 2 N–H and O–H groups in total. The van der Waals surface area contributed by atoms with Crippen molar-refractivity contribution >= 4 is 5.82 Å². The van der Waals surface area contributed by atoms with Gasteiger partial charge in [0.25, 0.3) is 0 Å². The van der Waals surface area contributed by atoms with E-state index >= 15 is 0 Å². The molecule has 0 radical (unpaired) electrons. The molecular weight excluding hydrogens is 198 g/mol. The van der Waals surface area contributed by atoms with E-state index < -0.39 is 0 Å². The molecule has 0 aliphatic heterocycles. The quantitative estimate of drug-likeness (QED) is 0.845. The van der Waals surface area contributed by atoms with Gasteiger partial charge in [-0.3, -0.25) is 0 Å². The molecule has 1 unspecified atom stereocenters. The summed E-state index contributed by atoms with van der Waals surface area (Å²) in [5.41, 5.74) is 7.04. The Morgan fingerprint density at radius 2 is 2.12 bits per heavy atom. The van der Waals surface area contributed by atoms with Crippen LogP contribution in [0.3, 0.4) is 0 Å². The van der Waals surface area contributed by atoms with Gasteiger partial charge in [-0.1, -0.05) is 0 Å². The standard InChI is InChI=1S/C13H21N3/c1-9(14)12-6-7-15-13(8-12)16(3)10(2)11-4-5-11/h6-11H,4-5,14H2,1-3H3/t9-,10?/m1/s1. The normalized spacial score (nSPS) is 19.2. The molecule has 1 aromatic heterocycles. The van der Waals surface area contributed by atoms with Crippen LogP contribution >= 0.6 is 0 Å². The molecule has 16 heavy (non-hydrogen) atoms. The van der Waals surface area contributed by atoms with E-state index in [0.717, 1.165) is 17.3 Å². The van der Waals surface area contributed by atoms with Crippen LogP contribution in [-0.4, -0.2) is 18.1 Å². The van der Waals surface area contributed by atoms with E-state index in [2.05, 4.69) is 29.9 Å². The number of hydrogen-bond donors (Lipinski definition) is 1. The predicted molar refractivity (Wildman–Crippen MR) is 67.4 cm³/mol. The zero-order chi connectivity index (χ0) is 11.7. The summed E-state index contributed by atoms with van der Waals surface area (Å²) in [6, 6.07) is 4.75. The highest BCUT2D eigenvalue weighted by Crippen LogP contribution is 2.35. The molecule has 0 bridgehead atoms. The van der Waals surface area contributed by atoms with Crippen molar-refractivity contribution in [3.63, 3.8) is 0 Å². The van der Waals surface area contributed by atoms with E-state index in [9.17, 15) is 0 Å². The predicted octanol–water partition coefficient (Wildman–Crippen LogP) is 2.34. The first-order chi connectivity index (χ1) is 7.59. The molecule has 88 valence electrons. The first-order valence-electron chi connectivity index (χ1n) is 6.04. The van der Waals surface area contributed by atoms with Crippen LogP contribution < -0.4 is 10.6 Å². The fourth-order valence-electron chi connectivity index (χ4n) is 2.01. The van der Waals surface area contributed by atoms with Crippen molar-refractivity contribution in [3.8, 4) is 0 Å². The lowest BCUT2D eigenvalue weighted by Gasteiger charge is -2.26. The van der Waals surface area contributed by atoms with Gasteiger partial charge in [0.15, 0.2) is 0 Å². The van der Waals surface area contributed by atoms with E-state index in [1.165, 1.54) is 12.8 Å². The van der Waals surface area contributed by atoms with Gasteiger partial charge < -0.3 is 10.6 Å². The summed E-state index contributed by atoms with van der Waals surface area (Å²) in [6.45, 7) is 4.28. The monoisotopic (exact) mass is 219 g/mol. The third kappa shape index (κ3) is 2.35. The molecule has 1 aliphatic carbocycles. The van der Waals surface area contributed by atoms with Gasteiger partial charge >= 0.3 is 0 Å². The van der Waals surface area contributed by atoms with E-state index in [-0.39, 0.29) is 6.04 Å². The molecule has 1 heterocycles. The van der Waals surface area contributed by atoms with Crippen molar-refractivity contribution in [2.75, 3.05) is 11.9 Å². The number of rotatable bonds is 4. The molecule has 1 aromatic rings. The Bertz CT molecular complexity index is 358. The Morgan fingerprint density at radius 3 is 2.69 bits per heavy atom. The summed E-state index contributed by atoms with van der Waals surface area (Å²) in [4.78, 5) is 6.69. The topological polar surface area (TPSA) is 42.1 Å². The van der Waals surface area contributed by atoms with Crippen LogP contribution in [0, 0.1) is 5.92 Å². The van der Waals surface area contributed by atoms with Crippen molar-refractivity contribution in [2.24, 2.45) is 11.7 Å². The Kier molecular flexibility index (Phi) is 3.15. The van der Waals surface area contributed by atoms with Crippen molar-refractivity contribution in [3.05, 3.63) is 23.9 Å². The molecule has 3 heteroatoms. The Labute approximate surface area is 97.7 Å². The SMILES string of the molecule is CC(C1CC1)N(C)c1cc([C@@H](C)N)ccn1. The Balaban J connectivity index is 2.15. The average molecular weight is 219 g/mol. The summed E-state index contributed by atoms with van der Waals surface area (Å²) >= 11 is 0. The van der Waals surface area contributed by atoms with Gasteiger partial charge in [0.2, 0.25) is 0 Å². The smallest absolute Gasteiger partial charge is 0.128 e. The van der Waals surface area contributed by atoms with Crippen molar-refractivity contribution in [1.29, 1.82) is 0 Å². The molecule has 2 rings (SSSR count). The highest BCUT2D eigenvalue weighted by molar-refractivity contribution is 5.42. The summed E-state index contributed by atoms with van der Waals surface area (Å²) in [7, 11) is 2.12. The van der Waals surface area contributed by atoms with Gasteiger partial charge in [-0.05, 0) is 50.3 Å². The fourth-order valence-corrected chi connectivity index (χ4v) is 2.01. The van der Waals surface area contributed by atoms with Gasteiger partial charge in [0, 0.05) is 25.3 Å². The average Bonchev–Trinajstić information content (AvgIpc) is 3.11. The Hall–Kier alpha value is -1.09. The summed E-state index contributed by atoms with van der Waals surface area (Å²) in [6.07, 6.45) is 4.57. The minimum absolute atomic E-state index is 0.0754. The molecule has 1 aliphatic rings. The number of nitrogens with two attached hydrogens (primary N) is 1. The summed E-state index contributed by atoms with van der Waals surface area (Å²) in [5, 5.41) is 0. The zero-order valence-electron chi connectivity index (χ0n) is 10.4. The molecule has 3 nitrogen and oxygen atoms in total. The van der Waals surface area contributed by atoms with Gasteiger partial charge in [0.05, 0.1) is 0 Å². The molecule has 0 aromatic carbocycles. The number of nitrogens with zero attached hydrogens (tertiary/aromatic N) is 2. The molecule has 0 saturated heterocycles. The second-order valence-corrected chi connectivity index (χ2v) is 4.92. The van der Waals surface area contributed by atoms with Crippen LogP contribution in [0.25, 0.3) is 0 Å². The third-order valence-electron chi connectivity index (χ3n) is 3.57. The first kappa shape index (κ1) is 11.4. The number of pyridine rings is 1. The van der Waals surface area contributed by atoms with Crippen LogP contribution in [0.4, 0.5) is 5.82 Å². The van der Waals surface area contributed by atoms with Crippen molar-refractivity contribution < 1.29 is 0 Å². The first-order valence-corrected chi connectivity index (χ1v) is 6.04. The summed E-state index contributed by atoms with van der Waals surface area (Å²) in [5.74, 6) is 1.89. The second-order valence-electron chi connectivity index (χ2n) is 4.92. The lowest BCUT2D eigenvalue weighted by Crippen LogP contribution is -2.31. The van der Waals surface area contributed by atoms with Crippen LogP contribution in [0.15, 0.2) is 18.3 Å². The summed E-state index contributed by atoms with van der Waals surface area (Å²) < 4.78 is 0. The van der Waals surface area contributed by atoms with Crippen molar-refractivity contribution in [2.45, 2.75) is 38.8 Å². The fraction of sp³-hybridized carbons (Fsp3) is 0.615. The lowest BCUT2D eigenvalue weighted by atomic mass is 10.1. The largest absolute Gasteiger partial charge is 0.357 e. The highest BCUT2D eigenvalue weighted by Gasteiger charge is 2.31. The molecular formula is C13H21N3. The minimum Gasteiger partial charge on any atom is -0.357 e. The maximum Gasteiger partial charge on any atom is 0.128 e. The molecule has 0 amide bonds. The van der Waals surface area contributed by atoms with Gasteiger partial charge in [-0.15, -0.1) is 0 Å². The van der Waals surface area contributed by atoms with Crippen LogP contribution in [0.2, 0.25) is 0 Å². The number of anilines is 1. The van der Waals surface area contributed by atoms with E-state index in [0.29, 0.717) is 6.04 Å². The number of hydrogen-bond acceptors (Lipinski definition) is 3. The minimum atomic E-state index is 0.0754. The molecule has 0 spiro atoms. The van der Waals surface area contributed by atoms with Gasteiger partial charge in [0.1, 0.15) is 5.82 Å². The van der Waals surface area contributed by atoms with Gasteiger partial charge in [-0.2, -0.15) is 0 Å². The second kappa shape index (κ2) is 4.42. The zero-order valence-corrected chi connectivity index (χ0v) is 10.4. The molecule has 1 saturated carbocycles. The number of aromatic nitrogens is 1. The maximum absolute atomic E-state index is 5.88. The van der Waals surface area contributed by atoms with Crippen LogP contribution in [0.1, 0.15) is 38.3 Å². The third-order valence-corrected chi connectivity index (χ3v) is 3.57. The molecule has 1 fully saturated rings.